The molecule has 0 aliphatic carbocycles. The Hall–Kier alpha value is -2.83. The molecule has 0 saturated carbocycles. The molecule has 1 aromatic heterocycles. The van der Waals surface area contributed by atoms with Gasteiger partial charge in [-0.05, 0) is 43.2 Å². The second-order valence-corrected chi connectivity index (χ2v) is 6.53. The predicted molar refractivity (Wildman–Crippen MR) is 98.0 cm³/mol. The summed E-state index contributed by atoms with van der Waals surface area (Å²) in [5, 5.41) is 7.15. The van der Waals surface area contributed by atoms with Crippen LogP contribution in [0.25, 0.3) is 0 Å². The fourth-order valence-electron chi connectivity index (χ4n) is 3.08. The first kappa shape index (κ1) is 18.0. The van der Waals surface area contributed by atoms with Gasteiger partial charge >= 0.3 is 0 Å². The van der Waals surface area contributed by atoms with Crippen molar-refractivity contribution in [1.82, 2.24) is 15.1 Å². The number of carbonyl (C=O) groups excluding carboxylic acids is 2. The highest BCUT2D eigenvalue weighted by Crippen LogP contribution is 2.26. The number of aryl methyl sites for hydroxylation is 2. The van der Waals surface area contributed by atoms with Crippen LogP contribution < -0.4 is 15.0 Å². The molecule has 26 heavy (non-hydrogen) atoms. The molecule has 1 atom stereocenters. The predicted octanol–water partition coefficient (Wildman–Crippen LogP) is 1.76. The highest BCUT2D eigenvalue weighted by Gasteiger charge is 2.34. The molecule has 2 aromatic rings. The molecule has 1 saturated heterocycles. The van der Waals surface area contributed by atoms with E-state index in [1.54, 1.807) is 12.0 Å². The van der Waals surface area contributed by atoms with Gasteiger partial charge in [0.05, 0.1) is 19.2 Å². The van der Waals surface area contributed by atoms with E-state index < -0.39 is 0 Å². The molecule has 1 aliphatic heterocycles. The van der Waals surface area contributed by atoms with Gasteiger partial charge in [0.1, 0.15) is 5.75 Å². The Bertz CT molecular complexity index is 769. The lowest BCUT2D eigenvalue weighted by Crippen LogP contribution is -2.33. The topological polar surface area (TPSA) is 76.5 Å². The molecule has 0 bridgehead atoms. The van der Waals surface area contributed by atoms with E-state index in [0.29, 0.717) is 13.1 Å². The number of rotatable bonds is 7. The van der Waals surface area contributed by atoms with Crippen LogP contribution in [0.1, 0.15) is 18.4 Å². The molecule has 2 heterocycles. The van der Waals surface area contributed by atoms with Gasteiger partial charge in [-0.15, -0.1) is 0 Å². The van der Waals surface area contributed by atoms with Gasteiger partial charge in [-0.25, -0.2) is 0 Å². The van der Waals surface area contributed by atoms with Crippen LogP contribution in [0.3, 0.4) is 0 Å². The highest BCUT2D eigenvalue weighted by molar-refractivity contribution is 6.00. The third-order valence-electron chi connectivity index (χ3n) is 4.51. The summed E-state index contributed by atoms with van der Waals surface area (Å²) in [6, 6.07) is 7.30. The van der Waals surface area contributed by atoms with Gasteiger partial charge in [-0.1, -0.05) is 0 Å². The number of anilines is 1. The van der Waals surface area contributed by atoms with Crippen molar-refractivity contribution in [3.63, 3.8) is 0 Å². The molecular weight excluding hydrogens is 332 g/mol. The molecule has 1 aliphatic rings. The number of hydrogen-bond donors (Lipinski definition) is 1. The van der Waals surface area contributed by atoms with Gasteiger partial charge in [-0.3, -0.25) is 14.3 Å². The minimum atomic E-state index is -0.309. The minimum absolute atomic E-state index is 0.0256. The maximum absolute atomic E-state index is 12.4. The van der Waals surface area contributed by atoms with Gasteiger partial charge in [0.2, 0.25) is 11.8 Å². The molecule has 1 aromatic carbocycles. The highest BCUT2D eigenvalue weighted by atomic mass is 16.5. The second kappa shape index (κ2) is 8.03. The number of benzene rings is 1. The van der Waals surface area contributed by atoms with Crippen molar-refractivity contribution in [2.45, 2.75) is 26.3 Å². The molecule has 3 rings (SSSR count). The molecule has 7 nitrogen and oxygen atoms in total. The number of nitrogens with one attached hydrogen (secondary N) is 1. The molecule has 1 fully saturated rings. The second-order valence-electron chi connectivity index (χ2n) is 6.53. The average molecular weight is 356 g/mol. The van der Waals surface area contributed by atoms with Gasteiger partial charge in [-0.2, -0.15) is 5.10 Å². The van der Waals surface area contributed by atoms with E-state index >= 15 is 0 Å². The molecule has 1 N–H and O–H groups in total. The van der Waals surface area contributed by atoms with E-state index in [1.807, 2.05) is 48.3 Å². The maximum atomic E-state index is 12.4. The zero-order valence-corrected chi connectivity index (χ0v) is 15.1. The lowest BCUT2D eigenvalue weighted by molar-refractivity contribution is -0.126. The van der Waals surface area contributed by atoms with Crippen LogP contribution in [0.4, 0.5) is 5.69 Å². The first-order valence-electron chi connectivity index (χ1n) is 8.78. The molecule has 7 heteroatoms. The fraction of sp³-hybridized carbons (Fsp3) is 0.421. The van der Waals surface area contributed by atoms with E-state index in [1.165, 1.54) is 0 Å². The summed E-state index contributed by atoms with van der Waals surface area (Å²) in [7, 11) is 1.60. The summed E-state index contributed by atoms with van der Waals surface area (Å²) in [5.74, 6) is 0.340. The van der Waals surface area contributed by atoms with Crippen molar-refractivity contribution >= 4 is 17.5 Å². The molecule has 1 unspecified atom stereocenters. The number of carbonyl (C=O) groups is 2. The standard InChI is InChI=1S/C19H24N4O3/c1-14-11-21-22(12-14)9-3-8-20-19(25)15-10-18(24)23(13-15)16-4-6-17(26-2)7-5-16/h4-7,11-12,15H,3,8-10,13H2,1-2H3,(H,20,25). The lowest BCUT2D eigenvalue weighted by atomic mass is 10.1. The zero-order chi connectivity index (χ0) is 18.5. The number of hydrogen-bond acceptors (Lipinski definition) is 4. The summed E-state index contributed by atoms with van der Waals surface area (Å²) < 4.78 is 7.00. The van der Waals surface area contributed by atoms with E-state index in [9.17, 15) is 9.59 Å². The minimum Gasteiger partial charge on any atom is -0.497 e. The summed E-state index contributed by atoms with van der Waals surface area (Å²) in [4.78, 5) is 26.3. The van der Waals surface area contributed by atoms with Gasteiger partial charge in [0.25, 0.3) is 0 Å². The molecule has 0 radical (unpaired) electrons. The first-order valence-corrected chi connectivity index (χ1v) is 8.78. The number of amides is 2. The van der Waals surface area contributed by atoms with Crippen molar-refractivity contribution in [2.24, 2.45) is 5.92 Å². The molecule has 0 spiro atoms. The Balaban J connectivity index is 1.47. The van der Waals surface area contributed by atoms with Crippen LogP contribution in [-0.2, 0) is 16.1 Å². The van der Waals surface area contributed by atoms with Crippen molar-refractivity contribution in [2.75, 3.05) is 25.1 Å². The van der Waals surface area contributed by atoms with Crippen LogP contribution in [0.5, 0.6) is 5.75 Å². The molecule has 2 amide bonds. The SMILES string of the molecule is COc1ccc(N2CC(C(=O)NCCCn3cc(C)cn3)CC2=O)cc1. The number of nitrogens with zero attached hydrogens (tertiary/aromatic N) is 3. The van der Waals surface area contributed by atoms with E-state index in [0.717, 1.165) is 30.0 Å². The van der Waals surface area contributed by atoms with Crippen molar-refractivity contribution < 1.29 is 14.3 Å². The Kier molecular flexibility index (Phi) is 5.55. The summed E-state index contributed by atoms with van der Waals surface area (Å²) in [6.45, 7) is 3.74. The Morgan fingerprint density at radius 2 is 2.12 bits per heavy atom. The largest absolute Gasteiger partial charge is 0.497 e. The van der Waals surface area contributed by atoms with Crippen molar-refractivity contribution in [3.8, 4) is 5.75 Å². The van der Waals surface area contributed by atoms with Gasteiger partial charge in [0, 0.05) is 37.9 Å². The Morgan fingerprint density at radius 3 is 2.77 bits per heavy atom. The van der Waals surface area contributed by atoms with Crippen LogP contribution >= 0.6 is 0 Å². The lowest BCUT2D eigenvalue weighted by Gasteiger charge is -2.17. The third-order valence-corrected chi connectivity index (χ3v) is 4.51. The Morgan fingerprint density at radius 1 is 1.35 bits per heavy atom. The number of methoxy groups -OCH3 is 1. The van der Waals surface area contributed by atoms with Crippen molar-refractivity contribution in [1.29, 1.82) is 0 Å². The van der Waals surface area contributed by atoms with Crippen LogP contribution in [-0.4, -0.2) is 41.8 Å². The average Bonchev–Trinajstić information content (AvgIpc) is 3.24. The quantitative estimate of drug-likeness (QED) is 0.767. The van der Waals surface area contributed by atoms with Crippen LogP contribution in [0, 0.1) is 12.8 Å². The summed E-state index contributed by atoms with van der Waals surface area (Å²) in [6.07, 6.45) is 4.84. The van der Waals surface area contributed by atoms with Crippen LogP contribution in [0.15, 0.2) is 36.7 Å². The van der Waals surface area contributed by atoms with Crippen LogP contribution in [0.2, 0.25) is 0 Å². The monoisotopic (exact) mass is 356 g/mol. The van der Waals surface area contributed by atoms with E-state index in [2.05, 4.69) is 10.4 Å². The molecular formula is C19H24N4O3. The van der Waals surface area contributed by atoms with Gasteiger partial charge in [0.15, 0.2) is 0 Å². The number of ether oxygens (including phenoxy) is 1. The van der Waals surface area contributed by atoms with Gasteiger partial charge < -0.3 is 15.0 Å². The summed E-state index contributed by atoms with van der Waals surface area (Å²) >= 11 is 0. The summed E-state index contributed by atoms with van der Waals surface area (Å²) in [5.41, 5.74) is 1.91. The first-order chi connectivity index (χ1) is 12.6. The fourth-order valence-corrected chi connectivity index (χ4v) is 3.08. The van der Waals surface area contributed by atoms with Crippen molar-refractivity contribution in [3.05, 3.63) is 42.2 Å². The zero-order valence-electron chi connectivity index (χ0n) is 15.1. The third kappa shape index (κ3) is 4.22. The molecule has 138 valence electrons. The Labute approximate surface area is 152 Å². The van der Waals surface area contributed by atoms with E-state index in [4.69, 9.17) is 4.74 Å². The number of aromatic nitrogens is 2. The smallest absolute Gasteiger partial charge is 0.227 e. The maximum Gasteiger partial charge on any atom is 0.227 e. The van der Waals surface area contributed by atoms with E-state index in [-0.39, 0.29) is 24.2 Å². The normalized spacial score (nSPS) is 16.8.